The van der Waals surface area contributed by atoms with Gasteiger partial charge >= 0.3 is 6.18 Å². The molecule has 4 rings (SSSR count). The number of benzene rings is 1. The highest BCUT2D eigenvalue weighted by molar-refractivity contribution is 5.41. The fourth-order valence-corrected chi connectivity index (χ4v) is 3.47. The van der Waals surface area contributed by atoms with Gasteiger partial charge in [-0.3, -0.25) is 4.90 Å². The number of halogens is 3. The molecular formula is C20H19F3N4O. The van der Waals surface area contributed by atoms with Gasteiger partial charge in [-0.1, -0.05) is 30.3 Å². The molecule has 1 aliphatic rings. The smallest absolute Gasteiger partial charge is 0.416 e. The van der Waals surface area contributed by atoms with Gasteiger partial charge in [0.15, 0.2) is 5.82 Å². The average molecular weight is 388 g/mol. The van der Waals surface area contributed by atoms with Crippen LogP contribution in [0.3, 0.4) is 0 Å². The third kappa shape index (κ3) is 3.60. The van der Waals surface area contributed by atoms with E-state index in [0.29, 0.717) is 24.2 Å². The Balaban J connectivity index is 1.64. The third-order valence-electron chi connectivity index (χ3n) is 4.82. The van der Waals surface area contributed by atoms with Crippen molar-refractivity contribution in [2.24, 2.45) is 0 Å². The van der Waals surface area contributed by atoms with Gasteiger partial charge in [0.1, 0.15) is 0 Å². The van der Waals surface area contributed by atoms with Gasteiger partial charge in [0.25, 0.3) is 0 Å². The molecule has 0 amide bonds. The first-order valence-electron chi connectivity index (χ1n) is 8.93. The van der Waals surface area contributed by atoms with Gasteiger partial charge in [-0.15, -0.1) is 0 Å². The Morgan fingerprint density at radius 1 is 1.14 bits per heavy atom. The van der Waals surface area contributed by atoms with Gasteiger partial charge in [0.2, 0.25) is 5.88 Å². The van der Waals surface area contributed by atoms with Crippen LogP contribution in [0, 0.1) is 6.92 Å². The lowest BCUT2D eigenvalue weighted by Crippen LogP contribution is -2.29. The number of rotatable bonds is 3. The first-order chi connectivity index (χ1) is 13.3. The highest BCUT2D eigenvalue weighted by Gasteiger charge is 2.32. The molecule has 0 spiro atoms. The largest absolute Gasteiger partial charge is 0.493 e. The van der Waals surface area contributed by atoms with Crippen LogP contribution >= 0.6 is 0 Å². The van der Waals surface area contributed by atoms with E-state index in [9.17, 15) is 18.3 Å². The van der Waals surface area contributed by atoms with Gasteiger partial charge < -0.3 is 5.11 Å². The van der Waals surface area contributed by atoms with Crippen LogP contribution in [-0.2, 0) is 25.7 Å². The standard InChI is InChI=1S/C20H19F3N4O/c1-13-9-15(20(21,22)23)10-18(24-13)27-19(28)16-12-26(8-7-17(16)25-27)11-14-5-3-2-4-6-14/h2-6,9-10,28H,7-8,11-12H2,1H3. The summed E-state index contributed by atoms with van der Waals surface area (Å²) in [6, 6.07) is 11.9. The summed E-state index contributed by atoms with van der Waals surface area (Å²) in [7, 11) is 0. The third-order valence-corrected chi connectivity index (χ3v) is 4.82. The molecule has 1 aliphatic heterocycles. The van der Waals surface area contributed by atoms with E-state index in [4.69, 9.17) is 0 Å². The van der Waals surface area contributed by atoms with Crippen molar-refractivity contribution in [2.75, 3.05) is 6.54 Å². The number of nitrogens with zero attached hydrogens (tertiary/aromatic N) is 4. The number of aromatic hydroxyl groups is 1. The number of hydrogen-bond acceptors (Lipinski definition) is 4. The van der Waals surface area contributed by atoms with Crippen LogP contribution in [0.4, 0.5) is 13.2 Å². The van der Waals surface area contributed by atoms with E-state index in [1.807, 2.05) is 30.3 Å². The summed E-state index contributed by atoms with van der Waals surface area (Å²) in [5, 5.41) is 15.0. The maximum absolute atomic E-state index is 13.1. The summed E-state index contributed by atoms with van der Waals surface area (Å²) in [4.78, 5) is 6.31. The van der Waals surface area contributed by atoms with E-state index in [2.05, 4.69) is 15.0 Å². The summed E-state index contributed by atoms with van der Waals surface area (Å²) in [5.74, 6) is -0.187. The molecule has 1 N–H and O–H groups in total. The normalized spacial score (nSPS) is 14.9. The highest BCUT2D eigenvalue weighted by Crippen LogP contribution is 2.33. The molecule has 146 valence electrons. The van der Waals surface area contributed by atoms with Crippen molar-refractivity contribution in [1.82, 2.24) is 19.7 Å². The Bertz CT molecular complexity index is 999. The number of alkyl halides is 3. The minimum Gasteiger partial charge on any atom is -0.493 e. The number of pyridine rings is 1. The van der Waals surface area contributed by atoms with Crippen LogP contribution in [0.5, 0.6) is 5.88 Å². The van der Waals surface area contributed by atoms with Crippen LogP contribution < -0.4 is 0 Å². The van der Waals surface area contributed by atoms with Crippen molar-refractivity contribution in [1.29, 1.82) is 0 Å². The minimum absolute atomic E-state index is 0.0335. The molecule has 2 aromatic heterocycles. The first-order valence-corrected chi connectivity index (χ1v) is 8.93. The monoisotopic (exact) mass is 388 g/mol. The molecule has 0 unspecified atom stereocenters. The lowest BCUT2D eigenvalue weighted by molar-refractivity contribution is -0.137. The molecule has 8 heteroatoms. The van der Waals surface area contributed by atoms with Gasteiger partial charge in [0, 0.05) is 31.7 Å². The predicted molar refractivity (Wildman–Crippen MR) is 97.0 cm³/mol. The lowest BCUT2D eigenvalue weighted by Gasteiger charge is -2.26. The average Bonchev–Trinajstić information content (AvgIpc) is 2.98. The fourth-order valence-electron chi connectivity index (χ4n) is 3.47. The van der Waals surface area contributed by atoms with Crippen molar-refractivity contribution in [2.45, 2.75) is 32.6 Å². The van der Waals surface area contributed by atoms with Crippen LogP contribution in [0.1, 0.15) is 28.1 Å². The van der Waals surface area contributed by atoms with Gasteiger partial charge in [-0.25, -0.2) is 4.98 Å². The zero-order valence-electron chi connectivity index (χ0n) is 15.2. The minimum atomic E-state index is -4.49. The van der Waals surface area contributed by atoms with E-state index in [0.717, 1.165) is 35.5 Å². The fraction of sp³-hybridized carbons (Fsp3) is 0.300. The molecule has 0 bridgehead atoms. The van der Waals surface area contributed by atoms with Crippen LogP contribution in [0.25, 0.3) is 5.82 Å². The summed E-state index contributed by atoms with van der Waals surface area (Å²) < 4.78 is 40.5. The van der Waals surface area contributed by atoms with Crippen molar-refractivity contribution in [3.8, 4) is 11.7 Å². The molecule has 1 aromatic carbocycles. The van der Waals surface area contributed by atoms with Crippen molar-refractivity contribution < 1.29 is 18.3 Å². The SMILES string of the molecule is Cc1cc(C(F)(F)F)cc(-n2nc3c(c2O)CN(Cc2ccccc2)CC3)n1. The lowest BCUT2D eigenvalue weighted by atomic mass is 10.1. The van der Waals surface area contributed by atoms with Crippen LogP contribution in [0.15, 0.2) is 42.5 Å². The van der Waals surface area contributed by atoms with E-state index in [1.165, 1.54) is 6.92 Å². The molecule has 0 saturated heterocycles. The van der Waals surface area contributed by atoms with E-state index < -0.39 is 11.7 Å². The number of fused-ring (bicyclic) bond motifs is 1. The Labute approximate surface area is 160 Å². The molecule has 0 aliphatic carbocycles. The highest BCUT2D eigenvalue weighted by atomic mass is 19.4. The van der Waals surface area contributed by atoms with Gasteiger partial charge in [-0.05, 0) is 24.6 Å². The second-order valence-corrected chi connectivity index (χ2v) is 6.96. The second-order valence-electron chi connectivity index (χ2n) is 6.96. The summed E-state index contributed by atoms with van der Waals surface area (Å²) in [6.45, 7) is 3.45. The molecule has 3 heterocycles. The number of aryl methyl sites for hydroxylation is 1. The molecular weight excluding hydrogens is 369 g/mol. The Hall–Kier alpha value is -2.87. The number of hydrogen-bond donors (Lipinski definition) is 1. The maximum atomic E-state index is 13.1. The van der Waals surface area contributed by atoms with Crippen LogP contribution in [0.2, 0.25) is 0 Å². The number of aromatic nitrogens is 3. The molecule has 0 saturated carbocycles. The zero-order valence-corrected chi connectivity index (χ0v) is 15.2. The zero-order chi connectivity index (χ0) is 19.9. The Morgan fingerprint density at radius 2 is 1.89 bits per heavy atom. The summed E-state index contributed by atoms with van der Waals surface area (Å²) >= 11 is 0. The summed E-state index contributed by atoms with van der Waals surface area (Å²) in [5.41, 5.74) is 1.89. The van der Waals surface area contributed by atoms with Gasteiger partial charge in [0.05, 0.1) is 16.8 Å². The molecule has 28 heavy (non-hydrogen) atoms. The van der Waals surface area contributed by atoms with E-state index in [-0.39, 0.29) is 17.4 Å². The summed E-state index contributed by atoms with van der Waals surface area (Å²) in [6.07, 6.45) is -3.88. The predicted octanol–water partition coefficient (Wildman–Crippen LogP) is 3.86. The molecule has 0 atom stereocenters. The van der Waals surface area contributed by atoms with E-state index >= 15 is 0 Å². The maximum Gasteiger partial charge on any atom is 0.416 e. The van der Waals surface area contributed by atoms with Gasteiger partial charge in [-0.2, -0.15) is 23.0 Å². The molecule has 0 radical (unpaired) electrons. The Kier molecular flexibility index (Phi) is 4.58. The quantitative estimate of drug-likeness (QED) is 0.740. The molecule has 0 fully saturated rings. The van der Waals surface area contributed by atoms with Crippen molar-refractivity contribution in [3.63, 3.8) is 0 Å². The molecule has 5 nitrogen and oxygen atoms in total. The first kappa shape index (κ1) is 18.5. The van der Waals surface area contributed by atoms with Crippen molar-refractivity contribution in [3.05, 3.63) is 70.5 Å². The van der Waals surface area contributed by atoms with Crippen LogP contribution in [-0.4, -0.2) is 31.3 Å². The molecule has 3 aromatic rings. The Morgan fingerprint density at radius 3 is 2.61 bits per heavy atom. The van der Waals surface area contributed by atoms with Crippen molar-refractivity contribution >= 4 is 0 Å². The van der Waals surface area contributed by atoms with E-state index in [1.54, 1.807) is 0 Å². The second kappa shape index (κ2) is 6.94. The topological polar surface area (TPSA) is 54.2 Å².